The van der Waals surface area contributed by atoms with Gasteiger partial charge in [0.25, 0.3) is 0 Å². The van der Waals surface area contributed by atoms with Crippen LogP contribution >= 0.6 is 0 Å². The van der Waals surface area contributed by atoms with Crippen LogP contribution in [0.1, 0.15) is 12.8 Å². The predicted molar refractivity (Wildman–Crippen MR) is 87.7 cm³/mol. The highest BCUT2D eigenvalue weighted by Crippen LogP contribution is 2.31. The summed E-state index contributed by atoms with van der Waals surface area (Å²) in [5, 5.41) is 3.32. The quantitative estimate of drug-likeness (QED) is 0.909. The molecule has 24 heavy (non-hydrogen) atoms. The third-order valence-corrected chi connectivity index (χ3v) is 4.48. The molecule has 1 atom stereocenters. The van der Waals surface area contributed by atoms with E-state index in [1.54, 1.807) is 0 Å². The zero-order chi connectivity index (χ0) is 17.0. The first-order chi connectivity index (χ1) is 11.5. The summed E-state index contributed by atoms with van der Waals surface area (Å²) in [5.74, 6) is 0.776. The van der Waals surface area contributed by atoms with Crippen LogP contribution in [0.15, 0.2) is 24.3 Å². The van der Waals surface area contributed by atoms with E-state index in [4.69, 9.17) is 4.74 Å². The largest absolute Gasteiger partial charge is 0.487 e. The molecule has 1 aromatic rings. The number of para-hydroxylation sites is 2. The number of anilines is 1. The Morgan fingerprint density at radius 1 is 1.12 bits per heavy atom. The second-order valence-electron chi connectivity index (χ2n) is 6.44. The molecule has 0 aromatic heterocycles. The maximum atomic E-state index is 12.6. The number of piperidine rings is 1. The molecule has 0 aliphatic carbocycles. The third-order valence-electron chi connectivity index (χ3n) is 4.48. The topological polar surface area (TPSA) is 27.7 Å². The van der Waals surface area contributed by atoms with Gasteiger partial charge in [-0.3, -0.25) is 4.90 Å². The van der Waals surface area contributed by atoms with E-state index in [9.17, 15) is 13.2 Å². The van der Waals surface area contributed by atoms with Crippen LogP contribution < -0.4 is 15.0 Å². The Kier molecular flexibility index (Phi) is 5.50. The summed E-state index contributed by atoms with van der Waals surface area (Å²) in [7, 11) is 0. The monoisotopic (exact) mass is 343 g/mol. The second-order valence-corrected chi connectivity index (χ2v) is 6.44. The third kappa shape index (κ3) is 4.77. The van der Waals surface area contributed by atoms with Gasteiger partial charge in [0, 0.05) is 32.7 Å². The lowest BCUT2D eigenvalue weighted by atomic mass is 10.1. The first-order valence-electron chi connectivity index (χ1n) is 8.52. The zero-order valence-corrected chi connectivity index (χ0v) is 13.7. The van der Waals surface area contributed by atoms with E-state index in [1.165, 1.54) is 4.90 Å². The van der Waals surface area contributed by atoms with E-state index in [2.05, 4.69) is 10.2 Å². The molecular weight excluding hydrogens is 319 g/mol. The van der Waals surface area contributed by atoms with Crippen LogP contribution in [-0.4, -0.2) is 63.0 Å². The van der Waals surface area contributed by atoms with Gasteiger partial charge < -0.3 is 15.0 Å². The van der Waals surface area contributed by atoms with Gasteiger partial charge in [0.15, 0.2) is 0 Å². The minimum atomic E-state index is -4.15. The van der Waals surface area contributed by atoms with Crippen molar-refractivity contribution in [2.24, 2.45) is 0 Å². The number of nitrogens with one attached hydrogen (secondary N) is 1. The molecule has 2 heterocycles. The molecule has 0 amide bonds. The molecule has 0 bridgehead atoms. The standard InChI is InChI=1S/C17H24F3N3O/c18-17(19,20)13-22-9-3-4-14(12-22)24-16-6-2-1-5-15(16)23-10-7-21-8-11-23/h1-2,5-6,14,21H,3-4,7-13H2/t14-/m0/s1. The number of rotatable bonds is 4. The lowest BCUT2D eigenvalue weighted by Crippen LogP contribution is -2.46. The van der Waals surface area contributed by atoms with Crippen LogP contribution in [0.2, 0.25) is 0 Å². The van der Waals surface area contributed by atoms with Crippen LogP contribution in [0.5, 0.6) is 5.75 Å². The molecule has 4 nitrogen and oxygen atoms in total. The van der Waals surface area contributed by atoms with Crippen LogP contribution in [-0.2, 0) is 0 Å². The van der Waals surface area contributed by atoms with Crippen molar-refractivity contribution in [3.05, 3.63) is 24.3 Å². The highest BCUT2D eigenvalue weighted by Gasteiger charge is 2.33. The molecular formula is C17H24F3N3O. The van der Waals surface area contributed by atoms with Crippen molar-refractivity contribution >= 4 is 5.69 Å². The van der Waals surface area contributed by atoms with Gasteiger partial charge in [0.2, 0.25) is 0 Å². The molecule has 0 saturated carbocycles. The lowest BCUT2D eigenvalue weighted by molar-refractivity contribution is -0.150. The normalized spacial score (nSPS) is 23.3. The fourth-order valence-electron chi connectivity index (χ4n) is 3.41. The molecule has 1 aromatic carbocycles. The highest BCUT2D eigenvalue weighted by atomic mass is 19.4. The molecule has 0 spiro atoms. The smallest absolute Gasteiger partial charge is 0.401 e. The maximum Gasteiger partial charge on any atom is 0.401 e. The van der Waals surface area contributed by atoms with E-state index in [-0.39, 0.29) is 6.10 Å². The van der Waals surface area contributed by atoms with Gasteiger partial charge >= 0.3 is 6.18 Å². The fourth-order valence-corrected chi connectivity index (χ4v) is 3.41. The highest BCUT2D eigenvalue weighted by molar-refractivity contribution is 5.58. The summed E-state index contributed by atoms with van der Waals surface area (Å²) in [6, 6.07) is 7.83. The molecule has 2 aliphatic heterocycles. The van der Waals surface area contributed by atoms with Gasteiger partial charge in [0.05, 0.1) is 12.2 Å². The van der Waals surface area contributed by atoms with Gasteiger partial charge in [-0.25, -0.2) is 0 Å². The van der Waals surface area contributed by atoms with Crippen LogP contribution in [0, 0.1) is 0 Å². The van der Waals surface area contributed by atoms with Gasteiger partial charge in [-0.2, -0.15) is 13.2 Å². The Balaban J connectivity index is 1.65. The zero-order valence-electron chi connectivity index (χ0n) is 13.7. The van der Waals surface area contributed by atoms with E-state index in [1.807, 2.05) is 24.3 Å². The molecule has 2 saturated heterocycles. The lowest BCUT2D eigenvalue weighted by Gasteiger charge is -2.35. The van der Waals surface area contributed by atoms with E-state index in [0.29, 0.717) is 13.1 Å². The number of hydrogen-bond donors (Lipinski definition) is 1. The molecule has 0 unspecified atom stereocenters. The van der Waals surface area contributed by atoms with Crippen molar-refractivity contribution in [3.63, 3.8) is 0 Å². The Hall–Kier alpha value is -1.47. The van der Waals surface area contributed by atoms with Crippen LogP contribution in [0.3, 0.4) is 0 Å². The van der Waals surface area contributed by atoms with Crippen molar-refractivity contribution in [1.29, 1.82) is 0 Å². The van der Waals surface area contributed by atoms with Gasteiger partial charge in [0.1, 0.15) is 11.9 Å². The average molecular weight is 343 g/mol. The number of ether oxygens (including phenoxy) is 1. The maximum absolute atomic E-state index is 12.6. The minimum absolute atomic E-state index is 0.190. The van der Waals surface area contributed by atoms with Crippen molar-refractivity contribution < 1.29 is 17.9 Å². The first-order valence-corrected chi connectivity index (χ1v) is 8.52. The summed E-state index contributed by atoms with van der Waals surface area (Å²) >= 11 is 0. The SMILES string of the molecule is FC(F)(F)CN1CCC[C@H](Oc2ccccc2N2CCNCC2)C1. The van der Waals surface area contributed by atoms with Crippen molar-refractivity contribution in [2.75, 3.05) is 50.7 Å². The molecule has 3 rings (SSSR count). The summed E-state index contributed by atoms with van der Waals surface area (Å²) < 4.78 is 43.9. The Labute approximate surface area is 140 Å². The number of benzene rings is 1. The molecule has 0 radical (unpaired) electrons. The van der Waals surface area contributed by atoms with Gasteiger partial charge in [-0.05, 0) is 31.5 Å². The molecule has 2 fully saturated rings. The van der Waals surface area contributed by atoms with Gasteiger partial charge in [-0.15, -0.1) is 0 Å². The number of hydrogen-bond acceptors (Lipinski definition) is 4. The first kappa shape index (κ1) is 17.4. The summed E-state index contributed by atoms with van der Waals surface area (Å²) in [5.41, 5.74) is 1.03. The Morgan fingerprint density at radius 2 is 1.88 bits per heavy atom. The number of likely N-dealkylation sites (tertiary alicyclic amines) is 1. The van der Waals surface area contributed by atoms with Crippen molar-refractivity contribution in [2.45, 2.75) is 25.1 Å². The average Bonchev–Trinajstić information content (AvgIpc) is 2.55. The van der Waals surface area contributed by atoms with E-state index < -0.39 is 12.7 Å². The molecule has 134 valence electrons. The Bertz CT molecular complexity index is 532. The molecule has 7 heteroatoms. The molecule has 2 aliphatic rings. The second kappa shape index (κ2) is 7.61. The van der Waals surface area contributed by atoms with E-state index >= 15 is 0 Å². The fraction of sp³-hybridized carbons (Fsp3) is 0.647. The Morgan fingerprint density at radius 3 is 2.62 bits per heavy atom. The number of halogens is 3. The van der Waals surface area contributed by atoms with Crippen molar-refractivity contribution in [1.82, 2.24) is 10.2 Å². The van der Waals surface area contributed by atoms with Crippen LogP contribution in [0.4, 0.5) is 18.9 Å². The minimum Gasteiger partial charge on any atom is -0.487 e. The summed E-state index contributed by atoms with van der Waals surface area (Å²) in [4.78, 5) is 3.71. The summed E-state index contributed by atoms with van der Waals surface area (Å²) in [6.45, 7) is 3.63. The summed E-state index contributed by atoms with van der Waals surface area (Å²) in [6.07, 6.45) is -2.81. The molecule has 1 N–H and O–H groups in total. The number of piperazine rings is 1. The number of nitrogens with zero attached hydrogens (tertiary/aromatic N) is 2. The van der Waals surface area contributed by atoms with Gasteiger partial charge in [-0.1, -0.05) is 12.1 Å². The number of alkyl halides is 3. The van der Waals surface area contributed by atoms with E-state index in [0.717, 1.165) is 50.5 Å². The van der Waals surface area contributed by atoms with Crippen LogP contribution in [0.25, 0.3) is 0 Å². The van der Waals surface area contributed by atoms with Crippen molar-refractivity contribution in [3.8, 4) is 5.75 Å². The predicted octanol–water partition coefficient (Wildman–Crippen LogP) is 2.50.